The Bertz CT molecular complexity index is 671. The zero-order chi connectivity index (χ0) is 19.6. The first-order valence-corrected chi connectivity index (χ1v) is 10.8. The van der Waals surface area contributed by atoms with Crippen molar-refractivity contribution in [2.45, 2.75) is 65.3 Å². The van der Waals surface area contributed by atoms with Crippen molar-refractivity contribution < 1.29 is 23.0 Å². The van der Waals surface area contributed by atoms with Crippen LogP contribution in [0, 0.1) is 0 Å². The largest absolute Gasteiger partial charge is 0.475 e. The molecule has 1 heterocycles. The van der Waals surface area contributed by atoms with Crippen molar-refractivity contribution in [3.05, 3.63) is 34.3 Å². The summed E-state index contributed by atoms with van der Waals surface area (Å²) in [6, 6.07) is 7.83. The van der Waals surface area contributed by atoms with Crippen LogP contribution in [0.15, 0.2) is 33.9 Å². The third-order valence-electron chi connectivity index (χ3n) is 3.10. The number of hydrogen-bond donors (Lipinski definition) is 0. The zero-order valence-electron chi connectivity index (χ0n) is 16.1. The molecular weight excluding hydrogens is 421 g/mol. The third kappa shape index (κ3) is 7.12. The summed E-state index contributed by atoms with van der Waals surface area (Å²) in [5, 5.41) is 4.12. The van der Waals surface area contributed by atoms with E-state index in [2.05, 4.69) is 21.1 Å². The minimum atomic E-state index is -3.75. The minimum Gasteiger partial charge on any atom is -0.389 e. The zero-order valence-corrected chi connectivity index (χ0v) is 18.6. The SMILES string of the molecule is CC(C)(C)OP(=O)(OCC1CC(c2ccc(Br)cc2)=NO1)OC(C)(C)C. The quantitative estimate of drug-likeness (QED) is 0.523. The highest BCUT2D eigenvalue weighted by molar-refractivity contribution is 9.10. The molecule has 1 aromatic carbocycles. The van der Waals surface area contributed by atoms with E-state index in [0.717, 1.165) is 15.7 Å². The van der Waals surface area contributed by atoms with Crippen LogP contribution in [0.5, 0.6) is 0 Å². The standard InChI is InChI=1S/C18H27BrNO5P/c1-17(2,3)24-26(21,25-18(4,5)6)22-12-15-11-16(20-23-15)13-7-9-14(19)10-8-13/h7-10,15H,11-12H2,1-6H3. The van der Waals surface area contributed by atoms with Crippen LogP contribution in [-0.4, -0.2) is 29.6 Å². The lowest BCUT2D eigenvalue weighted by Gasteiger charge is -2.31. The second kappa shape index (κ2) is 8.11. The van der Waals surface area contributed by atoms with Gasteiger partial charge in [0.2, 0.25) is 0 Å². The van der Waals surface area contributed by atoms with E-state index in [1.165, 1.54) is 0 Å². The fourth-order valence-electron chi connectivity index (χ4n) is 2.25. The van der Waals surface area contributed by atoms with Crippen molar-refractivity contribution in [3.8, 4) is 0 Å². The van der Waals surface area contributed by atoms with Gasteiger partial charge in [-0.25, -0.2) is 4.57 Å². The molecule has 6 nitrogen and oxygen atoms in total. The molecule has 1 unspecified atom stereocenters. The lowest BCUT2D eigenvalue weighted by Crippen LogP contribution is -2.26. The predicted octanol–water partition coefficient (Wildman–Crippen LogP) is 5.70. The average Bonchev–Trinajstić information content (AvgIpc) is 2.91. The Morgan fingerprint density at radius 1 is 1.12 bits per heavy atom. The summed E-state index contributed by atoms with van der Waals surface area (Å²) in [6.07, 6.45) is 0.223. The summed E-state index contributed by atoms with van der Waals surface area (Å²) in [4.78, 5) is 5.42. The molecular formula is C18H27BrNO5P. The minimum absolute atomic E-state index is 0.0625. The van der Waals surface area contributed by atoms with Gasteiger partial charge in [0.1, 0.15) is 0 Å². The summed E-state index contributed by atoms with van der Waals surface area (Å²) in [7, 11) is -3.75. The van der Waals surface area contributed by atoms with Gasteiger partial charge < -0.3 is 4.84 Å². The summed E-state index contributed by atoms with van der Waals surface area (Å²) in [6.45, 7) is 10.9. The molecule has 0 saturated heterocycles. The lowest BCUT2D eigenvalue weighted by atomic mass is 10.1. The number of hydrogen-bond acceptors (Lipinski definition) is 6. The van der Waals surface area contributed by atoms with Gasteiger partial charge in [0, 0.05) is 10.9 Å². The first-order chi connectivity index (χ1) is 11.9. The van der Waals surface area contributed by atoms with Gasteiger partial charge in [-0.2, -0.15) is 0 Å². The van der Waals surface area contributed by atoms with Gasteiger partial charge in [0.15, 0.2) is 6.10 Å². The second-order valence-electron chi connectivity index (χ2n) is 8.13. The van der Waals surface area contributed by atoms with Crippen LogP contribution in [0.25, 0.3) is 0 Å². The number of halogens is 1. The summed E-state index contributed by atoms with van der Waals surface area (Å²) in [5.41, 5.74) is 0.470. The predicted molar refractivity (Wildman–Crippen MR) is 105 cm³/mol. The average molecular weight is 448 g/mol. The van der Waals surface area contributed by atoms with Crippen LogP contribution < -0.4 is 0 Å². The van der Waals surface area contributed by atoms with Crippen molar-refractivity contribution in [1.29, 1.82) is 0 Å². The van der Waals surface area contributed by atoms with E-state index in [1.54, 1.807) is 41.5 Å². The number of benzene rings is 1. The first kappa shape index (κ1) is 21.6. The molecule has 1 aliphatic rings. The Balaban J connectivity index is 1.97. The molecule has 1 atom stereocenters. The fourth-order valence-corrected chi connectivity index (χ4v) is 4.34. The smallest absolute Gasteiger partial charge is 0.389 e. The van der Waals surface area contributed by atoms with Crippen LogP contribution in [0.1, 0.15) is 53.5 Å². The Labute approximate surface area is 164 Å². The molecule has 146 valence electrons. The van der Waals surface area contributed by atoms with Crippen LogP contribution in [0.2, 0.25) is 0 Å². The monoisotopic (exact) mass is 447 g/mol. The summed E-state index contributed by atoms with van der Waals surface area (Å²) >= 11 is 3.41. The molecule has 0 amide bonds. The molecule has 0 N–H and O–H groups in total. The molecule has 8 heteroatoms. The van der Waals surface area contributed by atoms with E-state index < -0.39 is 19.0 Å². The van der Waals surface area contributed by atoms with Gasteiger partial charge in [-0.15, -0.1) is 0 Å². The molecule has 0 saturated carbocycles. The number of phosphoric ester groups is 1. The molecule has 1 aliphatic heterocycles. The number of oxime groups is 1. The molecule has 0 aliphatic carbocycles. The van der Waals surface area contributed by atoms with Gasteiger partial charge >= 0.3 is 7.82 Å². The Morgan fingerprint density at radius 3 is 2.15 bits per heavy atom. The van der Waals surface area contributed by atoms with Crippen molar-refractivity contribution >= 4 is 29.5 Å². The highest BCUT2D eigenvalue weighted by Gasteiger charge is 2.38. The maximum absolute atomic E-state index is 13.0. The molecule has 0 spiro atoms. The van der Waals surface area contributed by atoms with Gasteiger partial charge in [0.05, 0.1) is 23.5 Å². The molecule has 0 aromatic heterocycles. The van der Waals surface area contributed by atoms with Crippen LogP contribution in [0.3, 0.4) is 0 Å². The summed E-state index contributed by atoms with van der Waals surface area (Å²) < 4.78 is 30.8. The fraction of sp³-hybridized carbons (Fsp3) is 0.611. The van der Waals surface area contributed by atoms with Gasteiger partial charge in [-0.05, 0) is 59.2 Å². The highest BCUT2D eigenvalue weighted by Crippen LogP contribution is 2.55. The van der Waals surface area contributed by atoms with Crippen molar-refractivity contribution in [2.75, 3.05) is 6.61 Å². The molecule has 1 aromatic rings. The molecule has 0 radical (unpaired) electrons. The Kier molecular flexibility index (Phi) is 6.73. The highest BCUT2D eigenvalue weighted by atomic mass is 79.9. The van der Waals surface area contributed by atoms with Crippen LogP contribution >= 0.6 is 23.8 Å². The molecule has 2 rings (SSSR count). The van der Waals surface area contributed by atoms with Crippen LogP contribution in [-0.2, 0) is 23.0 Å². The van der Waals surface area contributed by atoms with Gasteiger partial charge in [0.25, 0.3) is 0 Å². The van der Waals surface area contributed by atoms with E-state index >= 15 is 0 Å². The van der Waals surface area contributed by atoms with E-state index in [0.29, 0.717) is 6.42 Å². The second-order valence-corrected chi connectivity index (χ2v) is 10.6. The maximum atomic E-state index is 13.0. The Hall–Kier alpha value is -0.720. The number of rotatable bonds is 6. The number of phosphoric acid groups is 1. The first-order valence-electron chi connectivity index (χ1n) is 8.50. The normalized spacial score (nSPS) is 18.6. The van der Waals surface area contributed by atoms with Gasteiger partial charge in [-0.1, -0.05) is 33.2 Å². The van der Waals surface area contributed by atoms with Gasteiger partial charge in [-0.3, -0.25) is 13.6 Å². The maximum Gasteiger partial charge on any atom is 0.475 e. The van der Waals surface area contributed by atoms with E-state index in [-0.39, 0.29) is 12.7 Å². The topological polar surface area (TPSA) is 66.4 Å². The molecule has 26 heavy (non-hydrogen) atoms. The third-order valence-corrected chi connectivity index (χ3v) is 5.64. The van der Waals surface area contributed by atoms with Crippen molar-refractivity contribution in [2.24, 2.45) is 5.16 Å². The molecule has 0 fully saturated rings. The van der Waals surface area contributed by atoms with E-state index in [9.17, 15) is 4.57 Å². The van der Waals surface area contributed by atoms with Crippen molar-refractivity contribution in [1.82, 2.24) is 0 Å². The van der Waals surface area contributed by atoms with Crippen LogP contribution in [0.4, 0.5) is 0 Å². The Morgan fingerprint density at radius 2 is 1.65 bits per heavy atom. The van der Waals surface area contributed by atoms with E-state index in [1.807, 2.05) is 24.3 Å². The van der Waals surface area contributed by atoms with E-state index in [4.69, 9.17) is 18.4 Å². The lowest BCUT2D eigenvalue weighted by molar-refractivity contribution is -0.0191. The molecule has 0 bridgehead atoms. The summed E-state index contributed by atoms with van der Waals surface area (Å²) in [5.74, 6) is 0. The van der Waals surface area contributed by atoms with Crippen molar-refractivity contribution in [3.63, 3.8) is 0 Å². The number of nitrogens with zero attached hydrogens (tertiary/aromatic N) is 1.